The number of benzene rings is 5. The molecule has 44 heavy (non-hydrogen) atoms. The van der Waals surface area contributed by atoms with Crippen molar-refractivity contribution in [2.24, 2.45) is 0 Å². The Morgan fingerprint density at radius 1 is 0.818 bits per heavy atom. The number of carbonyl (C=O) groups is 2. The number of anilines is 2. The molecule has 1 aliphatic rings. The maximum Gasteiger partial charge on any atom is 0.265 e. The monoisotopic (exact) mass is 582 g/mol. The lowest BCUT2D eigenvalue weighted by atomic mass is 9.87. The van der Waals surface area contributed by atoms with Crippen molar-refractivity contribution in [2.45, 2.75) is 52.6 Å². The zero-order valence-electron chi connectivity index (χ0n) is 25.8. The van der Waals surface area contributed by atoms with E-state index in [2.05, 4.69) is 26.0 Å². The van der Waals surface area contributed by atoms with E-state index in [-0.39, 0.29) is 30.5 Å². The van der Waals surface area contributed by atoms with Crippen LogP contribution in [0.5, 0.6) is 5.75 Å². The number of nitrogens with zero attached hydrogens (tertiary/aromatic N) is 2. The summed E-state index contributed by atoms with van der Waals surface area (Å²) in [4.78, 5) is 32.1. The number of amides is 2. The van der Waals surface area contributed by atoms with Gasteiger partial charge in [0.05, 0.1) is 11.7 Å². The molecule has 222 valence electrons. The van der Waals surface area contributed by atoms with Crippen LogP contribution in [0.25, 0.3) is 10.8 Å². The number of carbonyl (C=O) groups excluding carboxylic acids is 2. The summed E-state index contributed by atoms with van der Waals surface area (Å²) < 4.78 is 6.13. The molecule has 0 aliphatic carbocycles. The predicted octanol–water partition coefficient (Wildman–Crippen LogP) is 8.61. The molecule has 1 heterocycles. The summed E-state index contributed by atoms with van der Waals surface area (Å²) in [6.45, 7) is 8.14. The first-order valence-corrected chi connectivity index (χ1v) is 15.4. The second-order valence-corrected chi connectivity index (χ2v) is 11.7. The molecule has 5 aromatic rings. The Hall–Kier alpha value is -4.90. The van der Waals surface area contributed by atoms with Crippen LogP contribution in [0.4, 0.5) is 11.4 Å². The highest BCUT2D eigenvalue weighted by molar-refractivity contribution is 6.08. The van der Waals surface area contributed by atoms with Gasteiger partial charge in [0.15, 0.2) is 6.61 Å². The van der Waals surface area contributed by atoms with E-state index < -0.39 is 0 Å². The smallest absolute Gasteiger partial charge is 0.265 e. The largest absolute Gasteiger partial charge is 0.484 e. The second kappa shape index (κ2) is 12.4. The molecule has 5 nitrogen and oxygen atoms in total. The standard InChI is InChI=1S/C39H38N2O3/c1-5-29-17-19-31(20-18-29)39(43)40-28(4)23-36(34-15-10-12-27(3)38(34)40)41(35-16-9-6-11-26(35)2)37(42)25-44-33-22-21-30-13-7-8-14-32(30)24-33/h6-22,24,28,36H,5,23,25H2,1-4H3/t28-,36+/m0/s1. The highest BCUT2D eigenvalue weighted by Crippen LogP contribution is 2.45. The third-order valence-electron chi connectivity index (χ3n) is 8.74. The lowest BCUT2D eigenvalue weighted by Gasteiger charge is -2.44. The van der Waals surface area contributed by atoms with Gasteiger partial charge in [-0.2, -0.15) is 0 Å². The molecule has 0 N–H and O–H groups in total. The summed E-state index contributed by atoms with van der Waals surface area (Å²) in [6, 6.07) is 35.5. The maximum atomic E-state index is 14.3. The van der Waals surface area contributed by atoms with Gasteiger partial charge in [-0.05, 0) is 97.0 Å². The first kappa shape index (κ1) is 29.2. The minimum atomic E-state index is -0.278. The number of rotatable bonds is 7. The van der Waals surface area contributed by atoms with Crippen molar-refractivity contribution < 1.29 is 14.3 Å². The van der Waals surface area contributed by atoms with Crippen LogP contribution in [0.15, 0.2) is 109 Å². The number of ether oxygens (including phenoxy) is 1. The Balaban J connectivity index is 1.37. The summed E-state index contributed by atoms with van der Waals surface area (Å²) in [7, 11) is 0. The Bertz CT molecular complexity index is 1830. The van der Waals surface area contributed by atoms with Crippen molar-refractivity contribution in [1.29, 1.82) is 0 Å². The molecule has 2 amide bonds. The van der Waals surface area contributed by atoms with E-state index in [0.717, 1.165) is 45.3 Å². The third-order valence-corrected chi connectivity index (χ3v) is 8.74. The van der Waals surface area contributed by atoms with Crippen LogP contribution in [0.3, 0.4) is 0 Å². The molecule has 5 aromatic carbocycles. The van der Waals surface area contributed by atoms with Crippen LogP contribution >= 0.6 is 0 Å². The van der Waals surface area contributed by atoms with E-state index in [1.54, 1.807) is 0 Å². The van der Waals surface area contributed by atoms with E-state index in [1.807, 2.05) is 121 Å². The lowest BCUT2D eigenvalue weighted by molar-refractivity contribution is -0.121. The van der Waals surface area contributed by atoms with E-state index in [4.69, 9.17) is 4.74 Å². The minimum absolute atomic E-state index is 0.0254. The molecule has 0 unspecified atom stereocenters. The van der Waals surface area contributed by atoms with Gasteiger partial charge in [-0.15, -0.1) is 0 Å². The maximum absolute atomic E-state index is 14.3. The molecular weight excluding hydrogens is 544 g/mol. The average Bonchev–Trinajstić information content (AvgIpc) is 3.05. The van der Waals surface area contributed by atoms with Crippen LogP contribution in [0.2, 0.25) is 0 Å². The number of hydrogen-bond acceptors (Lipinski definition) is 3. The van der Waals surface area contributed by atoms with Crippen LogP contribution in [0.1, 0.15) is 58.9 Å². The van der Waals surface area contributed by atoms with Crippen molar-refractivity contribution in [3.05, 3.63) is 137 Å². The summed E-state index contributed by atoms with van der Waals surface area (Å²) in [5, 5.41) is 2.18. The molecule has 0 fully saturated rings. The Labute approximate surface area is 259 Å². The van der Waals surface area contributed by atoms with Gasteiger partial charge in [-0.3, -0.25) is 9.59 Å². The van der Waals surface area contributed by atoms with E-state index >= 15 is 0 Å². The van der Waals surface area contributed by atoms with Crippen LogP contribution in [-0.2, 0) is 11.2 Å². The molecule has 0 aromatic heterocycles. The zero-order chi connectivity index (χ0) is 30.8. The van der Waals surface area contributed by atoms with Gasteiger partial charge >= 0.3 is 0 Å². The molecule has 0 bridgehead atoms. The van der Waals surface area contributed by atoms with Gasteiger partial charge in [-0.1, -0.05) is 85.8 Å². The van der Waals surface area contributed by atoms with Gasteiger partial charge in [0.1, 0.15) is 5.75 Å². The summed E-state index contributed by atoms with van der Waals surface area (Å²) in [6.07, 6.45) is 1.51. The fourth-order valence-corrected chi connectivity index (χ4v) is 6.41. The van der Waals surface area contributed by atoms with Gasteiger partial charge in [0, 0.05) is 17.3 Å². The molecule has 0 saturated heterocycles. The molecule has 0 radical (unpaired) electrons. The first-order chi connectivity index (χ1) is 21.4. The Morgan fingerprint density at radius 2 is 1.52 bits per heavy atom. The van der Waals surface area contributed by atoms with Crippen molar-refractivity contribution >= 4 is 34.0 Å². The highest BCUT2D eigenvalue weighted by Gasteiger charge is 2.40. The first-order valence-electron chi connectivity index (χ1n) is 15.4. The number of fused-ring (bicyclic) bond motifs is 2. The van der Waals surface area contributed by atoms with Gasteiger partial charge < -0.3 is 14.5 Å². The van der Waals surface area contributed by atoms with Crippen molar-refractivity contribution in [3.63, 3.8) is 0 Å². The number of aryl methyl sites for hydroxylation is 3. The molecule has 2 atom stereocenters. The minimum Gasteiger partial charge on any atom is -0.484 e. The molecule has 0 saturated carbocycles. The average molecular weight is 583 g/mol. The molecule has 1 aliphatic heterocycles. The van der Waals surface area contributed by atoms with Crippen molar-refractivity contribution in [2.75, 3.05) is 16.4 Å². The van der Waals surface area contributed by atoms with Gasteiger partial charge in [0.2, 0.25) is 0 Å². The van der Waals surface area contributed by atoms with E-state index in [0.29, 0.717) is 17.7 Å². The number of para-hydroxylation sites is 2. The quantitative estimate of drug-likeness (QED) is 0.193. The second-order valence-electron chi connectivity index (χ2n) is 11.7. The molecular formula is C39H38N2O3. The fraction of sp³-hybridized carbons (Fsp3) is 0.231. The van der Waals surface area contributed by atoms with E-state index in [9.17, 15) is 9.59 Å². The SMILES string of the molecule is CCc1ccc(C(=O)N2c3c(C)cccc3[C@H](N(C(=O)COc3ccc4ccccc4c3)c3ccccc3C)C[C@@H]2C)cc1. The predicted molar refractivity (Wildman–Crippen MR) is 179 cm³/mol. The van der Waals surface area contributed by atoms with Crippen LogP contribution < -0.4 is 14.5 Å². The topological polar surface area (TPSA) is 49.9 Å². The van der Waals surface area contributed by atoms with Crippen LogP contribution in [0, 0.1) is 13.8 Å². The molecule has 0 spiro atoms. The third kappa shape index (κ3) is 5.58. The van der Waals surface area contributed by atoms with Crippen LogP contribution in [-0.4, -0.2) is 24.5 Å². The number of hydrogen-bond donors (Lipinski definition) is 0. The summed E-state index contributed by atoms with van der Waals surface area (Å²) in [5.41, 5.74) is 6.55. The van der Waals surface area contributed by atoms with Gasteiger partial charge in [-0.25, -0.2) is 0 Å². The van der Waals surface area contributed by atoms with Crippen molar-refractivity contribution in [1.82, 2.24) is 0 Å². The summed E-state index contributed by atoms with van der Waals surface area (Å²) in [5.74, 6) is 0.496. The summed E-state index contributed by atoms with van der Waals surface area (Å²) >= 11 is 0. The molecule has 5 heteroatoms. The Morgan fingerprint density at radius 3 is 2.27 bits per heavy atom. The van der Waals surface area contributed by atoms with Crippen molar-refractivity contribution in [3.8, 4) is 5.75 Å². The van der Waals surface area contributed by atoms with E-state index in [1.165, 1.54) is 5.56 Å². The molecule has 6 rings (SSSR count). The zero-order valence-corrected chi connectivity index (χ0v) is 25.8. The normalized spacial score (nSPS) is 16.0. The van der Waals surface area contributed by atoms with Gasteiger partial charge in [0.25, 0.3) is 11.8 Å². The Kier molecular flexibility index (Phi) is 8.21. The highest BCUT2D eigenvalue weighted by atomic mass is 16.5. The fourth-order valence-electron chi connectivity index (χ4n) is 6.41. The lowest BCUT2D eigenvalue weighted by Crippen LogP contribution is -2.49.